The second kappa shape index (κ2) is 8.17. The van der Waals surface area contributed by atoms with E-state index in [2.05, 4.69) is 4.89 Å². The Bertz CT molecular complexity index is 74.6. The monoisotopic (exact) mass is 225 g/mol. The van der Waals surface area contributed by atoms with Gasteiger partial charge in [-0.25, -0.2) is 4.79 Å². The first-order valence-electron chi connectivity index (χ1n) is 2.65. The molecule has 0 unspecified atom stereocenters. The Labute approximate surface area is 69.8 Å². The SMILES string of the molecule is CCCCC(=O)OO.[Ag]. The summed E-state index contributed by atoms with van der Waals surface area (Å²) in [6.07, 6.45) is 2.03. The van der Waals surface area contributed by atoms with E-state index in [0.29, 0.717) is 6.42 Å². The number of hydrogen-bond donors (Lipinski definition) is 1. The van der Waals surface area contributed by atoms with Gasteiger partial charge >= 0.3 is 5.97 Å². The van der Waals surface area contributed by atoms with Gasteiger partial charge in [-0.3, -0.25) is 0 Å². The van der Waals surface area contributed by atoms with Crippen LogP contribution in [0, 0.1) is 0 Å². The van der Waals surface area contributed by atoms with Crippen molar-refractivity contribution in [2.24, 2.45) is 0 Å². The molecule has 0 aliphatic heterocycles. The minimum absolute atomic E-state index is 0. The molecule has 0 saturated carbocycles. The standard InChI is InChI=1S/C5H10O3.Ag/c1-2-3-4-5(6)8-7;/h7H,2-4H2,1H3;. The Morgan fingerprint density at radius 2 is 2.22 bits per heavy atom. The maximum absolute atomic E-state index is 10.1. The summed E-state index contributed by atoms with van der Waals surface area (Å²) in [5, 5.41) is 7.71. The van der Waals surface area contributed by atoms with Crippen LogP contribution in [0.4, 0.5) is 0 Å². The number of rotatable bonds is 3. The van der Waals surface area contributed by atoms with Crippen molar-refractivity contribution in [2.75, 3.05) is 0 Å². The third-order valence-electron chi connectivity index (χ3n) is 0.836. The van der Waals surface area contributed by atoms with E-state index >= 15 is 0 Å². The second-order valence-electron chi connectivity index (χ2n) is 1.57. The molecule has 0 saturated heterocycles. The van der Waals surface area contributed by atoms with Crippen LogP contribution in [-0.4, -0.2) is 11.2 Å². The summed E-state index contributed by atoms with van der Waals surface area (Å²) in [4.78, 5) is 13.5. The van der Waals surface area contributed by atoms with Gasteiger partial charge in [0.1, 0.15) is 0 Å². The number of carbonyl (C=O) groups is 1. The fourth-order valence-electron chi connectivity index (χ4n) is 0.367. The molecule has 9 heavy (non-hydrogen) atoms. The van der Waals surface area contributed by atoms with Gasteiger partial charge in [-0.1, -0.05) is 13.3 Å². The number of unbranched alkanes of at least 4 members (excludes halogenated alkanes) is 1. The van der Waals surface area contributed by atoms with E-state index in [9.17, 15) is 4.79 Å². The summed E-state index contributed by atoms with van der Waals surface area (Å²) in [6, 6.07) is 0. The van der Waals surface area contributed by atoms with Gasteiger partial charge in [-0.05, 0) is 6.42 Å². The largest absolute Gasteiger partial charge is 0.342 e. The summed E-state index contributed by atoms with van der Waals surface area (Å²) in [5.74, 6) is -0.549. The molecule has 0 spiro atoms. The summed E-state index contributed by atoms with van der Waals surface area (Å²) in [7, 11) is 0. The summed E-state index contributed by atoms with van der Waals surface area (Å²) in [6.45, 7) is 1.96. The van der Waals surface area contributed by atoms with Gasteiger partial charge in [0.05, 0.1) is 0 Å². The first kappa shape index (κ1) is 11.9. The predicted octanol–water partition coefficient (Wildman–Crippen LogP) is 1.19. The average molecular weight is 226 g/mol. The molecule has 1 radical (unpaired) electrons. The van der Waals surface area contributed by atoms with Gasteiger partial charge in [0.2, 0.25) is 0 Å². The molecule has 0 rings (SSSR count). The van der Waals surface area contributed by atoms with Gasteiger partial charge in [0.25, 0.3) is 0 Å². The van der Waals surface area contributed by atoms with Gasteiger partial charge in [0.15, 0.2) is 0 Å². The predicted molar refractivity (Wildman–Crippen MR) is 28.2 cm³/mol. The zero-order valence-electron chi connectivity index (χ0n) is 5.19. The minimum Gasteiger partial charge on any atom is -0.301 e. The molecule has 0 heterocycles. The minimum atomic E-state index is -0.549. The molecule has 4 heteroatoms. The molecule has 0 atom stereocenters. The normalized spacial score (nSPS) is 7.78. The first-order valence-corrected chi connectivity index (χ1v) is 2.65. The van der Waals surface area contributed by atoms with Crippen LogP contribution in [0.3, 0.4) is 0 Å². The van der Waals surface area contributed by atoms with Crippen molar-refractivity contribution in [3.63, 3.8) is 0 Å². The van der Waals surface area contributed by atoms with Gasteiger partial charge in [-0.15, -0.1) is 0 Å². The zero-order chi connectivity index (χ0) is 6.41. The first-order chi connectivity index (χ1) is 3.81. The van der Waals surface area contributed by atoms with Crippen molar-refractivity contribution >= 4 is 5.97 Å². The van der Waals surface area contributed by atoms with Crippen molar-refractivity contribution in [3.8, 4) is 0 Å². The van der Waals surface area contributed by atoms with Crippen molar-refractivity contribution in [2.45, 2.75) is 26.2 Å². The van der Waals surface area contributed by atoms with Crippen LogP contribution in [0.5, 0.6) is 0 Å². The van der Waals surface area contributed by atoms with Gasteiger partial charge in [-0.2, -0.15) is 5.26 Å². The summed E-state index contributed by atoms with van der Waals surface area (Å²) >= 11 is 0. The van der Waals surface area contributed by atoms with Crippen LogP contribution in [0.25, 0.3) is 0 Å². The van der Waals surface area contributed by atoms with Crippen molar-refractivity contribution in [1.29, 1.82) is 0 Å². The van der Waals surface area contributed by atoms with Crippen LogP contribution < -0.4 is 0 Å². The third-order valence-corrected chi connectivity index (χ3v) is 0.836. The molecule has 0 aromatic rings. The number of hydrogen-bond acceptors (Lipinski definition) is 3. The average Bonchev–Trinajstić information content (AvgIpc) is 1.83. The quantitative estimate of drug-likeness (QED) is 0.446. The van der Waals surface area contributed by atoms with E-state index < -0.39 is 5.97 Å². The Balaban J connectivity index is 0. The van der Waals surface area contributed by atoms with Gasteiger partial charge in [0, 0.05) is 28.8 Å². The van der Waals surface area contributed by atoms with E-state index in [-0.39, 0.29) is 22.4 Å². The van der Waals surface area contributed by atoms with Crippen molar-refractivity contribution in [1.82, 2.24) is 0 Å². The molecule has 0 fully saturated rings. The zero-order valence-corrected chi connectivity index (χ0v) is 6.67. The third kappa shape index (κ3) is 8.17. The molecular formula is C5H10AgO3. The molecule has 0 amide bonds. The van der Waals surface area contributed by atoms with E-state index in [0.717, 1.165) is 12.8 Å². The summed E-state index contributed by atoms with van der Waals surface area (Å²) < 4.78 is 0. The van der Waals surface area contributed by atoms with E-state index in [1.807, 2.05) is 6.92 Å². The maximum atomic E-state index is 10.1. The maximum Gasteiger partial charge on any atom is 0.342 e. The van der Waals surface area contributed by atoms with Crippen LogP contribution in [0.1, 0.15) is 26.2 Å². The number of carbonyl (C=O) groups excluding carboxylic acids is 1. The molecule has 0 aromatic carbocycles. The van der Waals surface area contributed by atoms with E-state index in [1.165, 1.54) is 0 Å². The van der Waals surface area contributed by atoms with E-state index in [4.69, 9.17) is 5.26 Å². The smallest absolute Gasteiger partial charge is 0.301 e. The van der Waals surface area contributed by atoms with Crippen molar-refractivity contribution < 1.29 is 37.3 Å². The fourth-order valence-corrected chi connectivity index (χ4v) is 0.367. The molecule has 1 N–H and O–H groups in total. The molecule has 0 aromatic heterocycles. The molecule has 59 valence electrons. The van der Waals surface area contributed by atoms with Crippen LogP contribution in [-0.2, 0) is 32.1 Å². The molecule has 0 aliphatic carbocycles. The van der Waals surface area contributed by atoms with Crippen LogP contribution in [0.15, 0.2) is 0 Å². The van der Waals surface area contributed by atoms with Crippen LogP contribution >= 0.6 is 0 Å². The Morgan fingerprint density at radius 3 is 2.56 bits per heavy atom. The topological polar surface area (TPSA) is 46.5 Å². The second-order valence-corrected chi connectivity index (χ2v) is 1.57. The molecule has 0 aliphatic rings. The molecule has 3 nitrogen and oxygen atoms in total. The van der Waals surface area contributed by atoms with Crippen molar-refractivity contribution in [3.05, 3.63) is 0 Å². The van der Waals surface area contributed by atoms with Crippen LogP contribution in [0.2, 0.25) is 0 Å². The molecule has 0 bridgehead atoms. The summed E-state index contributed by atoms with van der Waals surface area (Å²) in [5.41, 5.74) is 0. The Morgan fingerprint density at radius 1 is 1.67 bits per heavy atom. The fraction of sp³-hybridized carbons (Fsp3) is 0.800. The molecular weight excluding hydrogens is 216 g/mol. The Hall–Kier alpha value is 0.170. The Kier molecular flexibility index (Phi) is 10.8. The van der Waals surface area contributed by atoms with E-state index in [1.54, 1.807) is 0 Å². The van der Waals surface area contributed by atoms with Gasteiger partial charge < -0.3 is 4.89 Å².